The molecule has 0 saturated heterocycles. The van der Waals surface area contributed by atoms with Crippen LogP contribution in [0.4, 0.5) is 5.69 Å². The van der Waals surface area contributed by atoms with Crippen LogP contribution in [0, 0.1) is 0 Å². The van der Waals surface area contributed by atoms with E-state index in [4.69, 9.17) is 0 Å². The van der Waals surface area contributed by atoms with Crippen LogP contribution in [0.2, 0.25) is 0 Å². The molecule has 1 aliphatic heterocycles. The Labute approximate surface area is 52.1 Å². The van der Waals surface area contributed by atoms with Crippen LogP contribution >= 0.6 is 0 Å². The van der Waals surface area contributed by atoms with Crippen molar-refractivity contribution in [1.29, 1.82) is 0 Å². The molecule has 0 spiro atoms. The predicted molar refractivity (Wildman–Crippen MR) is 33.6 cm³/mol. The van der Waals surface area contributed by atoms with Gasteiger partial charge in [-0.3, -0.25) is 4.79 Å². The van der Waals surface area contributed by atoms with Crippen LogP contribution in [-0.4, -0.2) is 17.3 Å². The summed E-state index contributed by atoms with van der Waals surface area (Å²) in [5.41, 5.74) is 1.65. The largest absolute Gasteiger partial charge is 0.376 e. The number of aromatic nitrogens is 1. The zero-order valence-corrected chi connectivity index (χ0v) is 4.77. The highest BCUT2D eigenvalue weighted by Gasteiger charge is 2.18. The maximum atomic E-state index is 10.8. The first-order chi connectivity index (χ1) is 4.38. The summed E-state index contributed by atoms with van der Waals surface area (Å²) in [4.78, 5) is 13.7. The summed E-state index contributed by atoms with van der Waals surface area (Å²) in [5.74, 6) is 0.148. The third-order valence-corrected chi connectivity index (χ3v) is 1.47. The smallest absolute Gasteiger partial charge is 0.200 e. The number of hydrogen-bond donors (Lipinski definition) is 2. The molecule has 1 aromatic rings. The number of carbonyl (C=O) groups is 1. The highest BCUT2D eigenvalue weighted by molar-refractivity contribution is 6.06. The van der Waals surface area contributed by atoms with E-state index in [1.165, 1.54) is 0 Å². The molecule has 0 aliphatic carbocycles. The number of fused-ring (bicyclic) bond motifs is 1. The molecule has 2 N–H and O–H groups in total. The Morgan fingerprint density at radius 3 is 3.22 bits per heavy atom. The van der Waals surface area contributed by atoms with Crippen molar-refractivity contribution in [3.63, 3.8) is 0 Å². The maximum Gasteiger partial charge on any atom is 0.200 e. The molecule has 0 saturated carbocycles. The highest BCUT2D eigenvalue weighted by atomic mass is 16.1. The second-order valence-corrected chi connectivity index (χ2v) is 2.04. The first-order valence-corrected chi connectivity index (χ1v) is 2.82. The lowest BCUT2D eigenvalue weighted by molar-refractivity contribution is 0.101. The van der Waals surface area contributed by atoms with Crippen molar-refractivity contribution in [3.8, 4) is 0 Å². The lowest BCUT2D eigenvalue weighted by Gasteiger charge is -1.84. The number of anilines is 1. The van der Waals surface area contributed by atoms with Gasteiger partial charge in [0, 0.05) is 6.20 Å². The van der Waals surface area contributed by atoms with Crippen molar-refractivity contribution in [3.05, 3.63) is 18.0 Å². The average molecular weight is 122 g/mol. The number of nitrogens with one attached hydrogen (secondary N) is 2. The number of Topliss-reactive ketones (excluding diaryl/α,β-unsaturated/α-hetero) is 1. The van der Waals surface area contributed by atoms with E-state index in [2.05, 4.69) is 10.3 Å². The summed E-state index contributed by atoms with van der Waals surface area (Å²) in [6.07, 6.45) is 1.76. The van der Waals surface area contributed by atoms with Gasteiger partial charge in [0.15, 0.2) is 5.78 Å². The van der Waals surface area contributed by atoms with Gasteiger partial charge in [0.25, 0.3) is 0 Å². The monoisotopic (exact) mass is 122 g/mol. The van der Waals surface area contributed by atoms with E-state index in [1.54, 1.807) is 6.20 Å². The van der Waals surface area contributed by atoms with Gasteiger partial charge in [0.2, 0.25) is 0 Å². The Kier molecular flexibility index (Phi) is 0.704. The molecule has 0 amide bonds. The molecule has 3 heteroatoms. The van der Waals surface area contributed by atoms with Crippen molar-refractivity contribution in [2.75, 3.05) is 11.9 Å². The molecule has 2 rings (SSSR count). The van der Waals surface area contributed by atoms with Crippen molar-refractivity contribution in [2.24, 2.45) is 0 Å². The van der Waals surface area contributed by atoms with E-state index < -0.39 is 0 Å². The van der Waals surface area contributed by atoms with Gasteiger partial charge < -0.3 is 10.3 Å². The molecule has 2 heterocycles. The number of carbonyl (C=O) groups excluding carboxylic acids is 1. The number of rotatable bonds is 0. The van der Waals surface area contributed by atoms with Crippen LogP contribution in [0.25, 0.3) is 0 Å². The second kappa shape index (κ2) is 1.37. The van der Waals surface area contributed by atoms with E-state index in [0.717, 1.165) is 11.4 Å². The lowest BCUT2D eigenvalue weighted by Crippen LogP contribution is -2.02. The molecule has 0 aromatic carbocycles. The first kappa shape index (κ1) is 4.61. The minimum atomic E-state index is 0.148. The molecule has 3 nitrogen and oxygen atoms in total. The molecule has 1 aromatic heterocycles. The molecule has 0 bridgehead atoms. The Morgan fingerprint density at radius 2 is 2.44 bits per heavy atom. The van der Waals surface area contributed by atoms with Crippen molar-refractivity contribution in [1.82, 2.24) is 4.98 Å². The van der Waals surface area contributed by atoms with Gasteiger partial charge in [-0.2, -0.15) is 0 Å². The molecular formula is C6H6N2O. The van der Waals surface area contributed by atoms with Crippen LogP contribution in [-0.2, 0) is 0 Å². The molecule has 0 radical (unpaired) electrons. The van der Waals surface area contributed by atoms with E-state index >= 15 is 0 Å². The summed E-state index contributed by atoms with van der Waals surface area (Å²) < 4.78 is 0. The van der Waals surface area contributed by atoms with Gasteiger partial charge in [-0.15, -0.1) is 0 Å². The minimum absolute atomic E-state index is 0.148. The Balaban J connectivity index is 2.61. The summed E-state index contributed by atoms with van der Waals surface area (Å²) in [6.45, 7) is 0.446. The fraction of sp³-hybridized carbons (Fsp3) is 0.167. The van der Waals surface area contributed by atoms with Crippen LogP contribution in [0.1, 0.15) is 10.5 Å². The molecule has 0 atom stereocenters. The molecular weight excluding hydrogens is 116 g/mol. The SMILES string of the molecule is O=C1CNc2cc[nH]c21. The Bertz CT molecular complexity index is 251. The van der Waals surface area contributed by atoms with Gasteiger partial charge in [0.1, 0.15) is 5.69 Å². The summed E-state index contributed by atoms with van der Waals surface area (Å²) in [5, 5.41) is 2.95. The average Bonchev–Trinajstić information content (AvgIpc) is 2.35. The first-order valence-electron chi connectivity index (χ1n) is 2.82. The normalized spacial score (nSPS) is 15.3. The van der Waals surface area contributed by atoms with Crippen LogP contribution in [0.3, 0.4) is 0 Å². The van der Waals surface area contributed by atoms with Gasteiger partial charge in [-0.25, -0.2) is 0 Å². The van der Waals surface area contributed by atoms with Crippen LogP contribution in [0.5, 0.6) is 0 Å². The Morgan fingerprint density at radius 1 is 1.56 bits per heavy atom. The van der Waals surface area contributed by atoms with Gasteiger partial charge >= 0.3 is 0 Å². The third-order valence-electron chi connectivity index (χ3n) is 1.47. The van der Waals surface area contributed by atoms with Crippen molar-refractivity contribution < 1.29 is 4.79 Å². The standard InChI is InChI=1S/C6H6N2O/c9-5-3-8-4-1-2-7-6(4)5/h1-2,7-8H,3H2. The van der Waals surface area contributed by atoms with E-state index in [9.17, 15) is 4.79 Å². The highest BCUT2D eigenvalue weighted by Crippen LogP contribution is 2.18. The second-order valence-electron chi connectivity index (χ2n) is 2.04. The zero-order valence-electron chi connectivity index (χ0n) is 4.77. The predicted octanol–water partition coefficient (Wildman–Crippen LogP) is 0.623. The van der Waals surface area contributed by atoms with Crippen molar-refractivity contribution in [2.45, 2.75) is 0 Å². The maximum absolute atomic E-state index is 10.8. The number of aromatic amines is 1. The minimum Gasteiger partial charge on any atom is -0.376 e. The molecule has 46 valence electrons. The number of H-pyrrole nitrogens is 1. The number of ketones is 1. The van der Waals surface area contributed by atoms with Crippen LogP contribution in [0.15, 0.2) is 12.3 Å². The number of hydrogen-bond acceptors (Lipinski definition) is 2. The molecule has 9 heavy (non-hydrogen) atoms. The van der Waals surface area contributed by atoms with Gasteiger partial charge in [-0.05, 0) is 6.07 Å². The van der Waals surface area contributed by atoms with E-state index in [-0.39, 0.29) is 5.78 Å². The summed E-state index contributed by atoms with van der Waals surface area (Å²) >= 11 is 0. The zero-order chi connectivity index (χ0) is 6.27. The lowest BCUT2D eigenvalue weighted by atomic mass is 10.3. The van der Waals surface area contributed by atoms with Gasteiger partial charge in [0.05, 0.1) is 12.2 Å². The fourth-order valence-corrected chi connectivity index (χ4v) is 1.01. The summed E-state index contributed by atoms with van der Waals surface area (Å²) in [6, 6.07) is 1.86. The van der Waals surface area contributed by atoms with Crippen molar-refractivity contribution >= 4 is 11.5 Å². The van der Waals surface area contributed by atoms with E-state index in [1.807, 2.05) is 6.07 Å². The van der Waals surface area contributed by atoms with E-state index in [0.29, 0.717) is 6.54 Å². The molecule has 0 fully saturated rings. The molecule has 1 aliphatic rings. The van der Waals surface area contributed by atoms with Crippen LogP contribution < -0.4 is 5.32 Å². The fourth-order valence-electron chi connectivity index (χ4n) is 1.01. The quantitative estimate of drug-likeness (QED) is 0.530. The Hall–Kier alpha value is -1.25. The van der Waals surface area contributed by atoms with Gasteiger partial charge in [-0.1, -0.05) is 0 Å². The topological polar surface area (TPSA) is 44.9 Å². The molecule has 0 unspecified atom stereocenters. The third kappa shape index (κ3) is 0.483. The summed E-state index contributed by atoms with van der Waals surface area (Å²) in [7, 11) is 0.